The number of hydrogen-bond donors (Lipinski definition) is 0. The minimum Gasteiger partial charge on any atom is -0.482 e. The maximum absolute atomic E-state index is 10.9. The minimum atomic E-state index is -0.463. The van der Waals surface area contributed by atoms with Crippen LogP contribution in [0.2, 0.25) is 5.15 Å². The Hall–Kier alpha value is -2.14. The average molecular weight is 279 g/mol. The number of ether oxygens (including phenoxy) is 1. The summed E-state index contributed by atoms with van der Waals surface area (Å²) in [5.74, 6) is 0.250. The Balaban J connectivity index is 2.16. The maximum atomic E-state index is 10.9. The zero-order valence-electron chi connectivity index (χ0n) is 10.2. The average Bonchev–Trinajstić information content (AvgIpc) is 2.38. The Kier molecular flexibility index (Phi) is 3.97. The van der Waals surface area contributed by atoms with Crippen molar-refractivity contribution in [3.63, 3.8) is 0 Å². The number of hydrogen-bond acceptors (Lipinski definition) is 4. The van der Waals surface area contributed by atoms with E-state index in [1.807, 2.05) is 6.92 Å². The van der Waals surface area contributed by atoms with Crippen LogP contribution >= 0.6 is 11.6 Å². The van der Waals surface area contributed by atoms with Crippen molar-refractivity contribution < 1.29 is 9.66 Å². The fraction of sp³-hybridized carbons (Fsp3) is 0.154. The summed E-state index contributed by atoms with van der Waals surface area (Å²) in [6.45, 7) is 2.05. The zero-order valence-corrected chi connectivity index (χ0v) is 10.9. The highest BCUT2D eigenvalue weighted by atomic mass is 35.5. The van der Waals surface area contributed by atoms with Crippen molar-refractivity contribution in [1.29, 1.82) is 0 Å². The van der Waals surface area contributed by atoms with E-state index >= 15 is 0 Å². The molecule has 0 spiro atoms. The van der Waals surface area contributed by atoms with Crippen molar-refractivity contribution in [1.82, 2.24) is 4.98 Å². The number of nitrogens with zero attached hydrogens (tertiary/aromatic N) is 2. The van der Waals surface area contributed by atoms with Crippen LogP contribution in [-0.4, -0.2) is 9.91 Å². The van der Waals surface area contributed by atoms with Gasteiger partial charge in [-0.3, -0.25) is 10.1 Å². The Morgan fingerprint density at radius 3 is 2.79 bits per heavy atom. The molecule has 6 heteroatoms. The third-order valence-electron chi connectivity index (χ3n) is 2.49. The molecule has 19 heavy (non-hydrogen) atoms. The van der Waals surface area contributed by atoms with E-state index in [9.17, 15) is 10.1 Å². The molecule has 5 nitrogen and oxygen atoms in total. The van der Waals surface area contributed by atoms with Crippen molar-refractivity contribution >= 4 is 17.3 Å². The monoisotopic (exact) mass is 278 g/mol. The van der Waals surface area contributed by atoms with E-state index in [4.69, 9.17) is 16.3 Å². The predicted molar refractivity (Wildman–Crippen MR) is 71.4 cm³/mol. The van der Waals surface area contributed by atoms with Gasteiger partial charge in [0, 0.05) is 17.8 Å². The lowest BCUT2D eigenvalue weighted by atomic mass is 10.2. The minimum absolute atomic E-state index is 0.0486. The van der Waals surface area contributed by atoms with E-state index in [2.05, 4.69) is 4.98 Å². The first-order chi connectivity index (χ1) is 9.06. The quantitative estimate of drug-likeness (QED) is 0.487. The lowest BCUT2D eigenvalue weighted by molar-refractivity contribution is -0.386. The molecule has 98 valence electrons. The smallest absolute Gasteiger partial charge is 0.310 e. The first-order valence-electron chi connectivity index (χ1n) is 5.54. The van der Waals surface area contributed by atoms with Crippen molar-refractivity contribution in [3.8, 4) is 5.75 Å². The van der Waals surface area contributed by atoms with Crippen LogP contribution < -0.4 is 4.74 Å². The van der Waals surface area contributed by atoms with Crippen LogP contribution in [0.15, 0.2) is 36.5 Å². The lowest BCUT2D eigenvalue weighted by Crippen LogP contribution is -2.00. The molecule has 0 saturated heterocycles. The molecule has 1 aromatic carbocycles. The van der Waals surface area contributed by atoms with Crippen molar-refractivity contribution in [2.24, 2.45) is 0 Å². The molecular formula is C13H11ClN2O3. The molecule has 0 aliphatic rings. The molecule has 0 atom stereocenters. The molecule has 0 fully saturated rings. The summed E-state index contributed by atoms with van der Waals surface area (Å²) in [4.78, 5) is 14.3. The van der Waals surface area contributed by atoms with Crippen molar-refractivity contribution in [2.45, 2.75) is 13.5 Å². The first-order valence-corrected chi connectivity index (χ1v) is 5.92. The van der Waals surface area contributed by atoms with Gasteiger partial charge in [0.2, 0.25) is 0 Å². The molecule has 0 amide bonds. The van der Waals surface area contributed by atoms with Gasteiger partial charge in [-0.1, -0.05) is 23.7 Å². The molecule has 0 radical (unpaired) electrons. The Labute approximate surface area is 115 Å². The summed E-state index contributed by atoms with van der Waals surface area (Å²) >= 11 is 5.68. The summed E-state index contributed by atoms with van der Waals surface area (Å²) in [5, 5.41) is 11.3. The van der Waals surface area contributed by atoms with E-state index in [1.165, 1.54) is 6.07 Å². The predicted octanol–water partition coefficient (Wildman–Crippen LogP) is 3.53. The van der Waals surface area contributed by atoms with Gasteiger partial charge in [0.05, 0.1) is 4.92 Å². The highest BCUT2D eigenvalue weighted by Gasteiger charge is 2.14. The number of nitro groups is 1. The molecule has 0 aliphatic heterocycles. The number of aromatic nitrogens is 1. The molecule has 0 unspecified atom stereocenters. The topological polar surface area (TPSA) is 65.3 Å². The van der Waals surface area contributed by atoms with Crippen LogP contribution in [0.1, 0.15) is 11.1 Å². The van der Waals surface area contributed by atoms with Crippen LogP contribution in [0.25, 0.3) is 0 Å². The van der Waals surface area contributed by atoms with E-state index in [-0.39, 0.29) is 18.0 Å². The SMILES string of the molecule is Cc1ccc([N+](=O)[O-])c(OCc2ccc(Cl)nc2)c1. The molecule has 1 aromatic heterocycles. The van der Waals surface area contributed by atoms with Gasteiger partial charge >= 0.3 is 5.69 Å². The standard InChI is InChI=1S/C13H11ClN2O3/c1-9-2-4-11(16(17)18)12(6-9)19-8-10-3-5-13(14)15-7-10/h2-7H,8H2,1H3. The molecule has 2 aromatic rings. The summed E-state index contributed by atoms with van der Waals surface area (Å²) in [7, 11) is 0. The van der Waals surface area contributed by atoms with Crippen molar-refractivity contribution in [3.05, 3.63) is 62.9 Å². The fourth-order valence-electron chi connectivity index (χ4n) is 1.54. The van der Waals surface area contributed by atoms with Gasteiger partial charge in [0.1, 0.15) is 11.8 Å². The summed E-state index contributed by atoms with van der Waals surface area (Å²) in [5.41, 5.74) is 1.64. The second-order valence-corrected chi connectivity index (χ2v) is 4.39. The van der Waals surface area contributed by atoms with E-state index < -0.39 is 4.92 Å². The largest absolute Gasteiger partial charge is 0.482 e. The Morgan fingerprint density at radius 1 is 1.37 bits per heavy atom. The molecule has 2 rings (SSSR count). The third kappa shape index (κ3) is 3.42. The number of aryl methyl sites for hydroxylation is 1. The van der Waals surface area contributed by atoms with Crippen LogP contribution in [0, 0.1) is 17.0 Å². The van der Waals surface area contributed by atoms with Gasteiger partial charge in [0.25, 0.3) is 0 Å². The molecule has 0 N–H and O–H groups in total. The van der Waals surface area contributed by atoms with E-state index in [0.29, 0.717) is 5.15 Å². The van der Waals surface area contributed by atoms with Gasteiger partial charge < -0.3 is 4.74 Å². The number of halogens is 1. The van der Waals surface area contributed by atoms with Gasteiger partial charge in [-0.15, -0.1) is 0 Å². The second-order valence-electron chi connectivity index (χ2n) is 4.01. The van der Waals surface area contributed by atoms with Crippen LogP contribution in [0.4, 0.5) is 5.69 Å². The maximum Gasteiger partial charge on any atom is 0.310 e. The second kappa shape index (κ2) is 5.67. The molecule has 0 bridgehead atoms. The normalized spacial score (nSPS) is 10.2. The van der Waals surface area contributed by atoms with E-state index in [0.717, 1.165) is 11.1 Å². The number of nitro benzene ring substituents is 1. The van der Waals surface area contributed by atoms with Gasteiger partial charge in [0.15, 0.2) is 5.75 Å². The third-order valence-corrected chi connectivity index (χ3v) is 2.72. The highest BCUT2D eigenvalue weighted by Crippen LogP contribution is 2.28. The molecular weight excluding hydrogens is 268 g/mol. The zero-order chi connectivity index (χ0) is 13.8. The first kappa shape index (κ1) is 13.3. The number of rotatable bonds is 4. The Morgan fingerprint density at radius 2 is 2.16 bits per heavy atom. The van der Waals surface area contributed by atoms with Crippen LogP contribution in [-0.2, 0) is 6.61 Å². The van der Waals surface area contributed by atoms with Crippen molar-refractivity contribution in [2.75, 3.05) is 0 Å². The molecule has 1 heterocycles. The lowest BCUT2D eigenvalue weighted by Gasteiger charge is -2.07. The highest BCUT2D eigenvalue weighted by molar-refractivity contribution is 6.29. The van der Waals surface area contributed by atoms with Crippen LogP contribution in [0.3, 0.4) is 0 Å². The van der Waals surface area contributed by atoms with Gasteiger partial charge in [-0.05, 0) is 24.6 Å². The fourth-order valence-corrected chi connectivity index (χ4v) is 1.65. The van der Waals surface area contributed by atoms with Gasteiger partial charge in [-0.2, -0.15) is 0 Å². The Bertz CT molecular complexity index is 599. The summed E-state index contributed by atoms with van der Waals surface area (Å²) in [6.07, 6.45) is 1.57. The molecule has 0 aliphatic carbocycles. The van der Waals surface area contributed by atoms with Gasteiger partial charge in [-0.25, -0.2) is 4.98 Å². The summed E-state index contributed by atoms with van der Waals surface area (Å²) < 4.78 is 5.48. The summed E-state index contributed by atoms with van der Waals surface area (Å²) in [6, 6.07) is 8.16. The molecule has 0 saturated carbocycles. The van der Waals surface area contributed by atoms with E-state index in [1.54, 1.807) is 30.5 Å². The number of benzene rings is 1. The van der Waals surface area contributed by atoms with Crippen LogP contribution in [0.5, 0.6) is 5.75 Å². The number of pyridine rings is 1.